The molecule has 0 aliphatic carbocycles. The molecule has 1 aromatic heterocycles. The first-order chi connectivity index (χ1) is 12.0. The standard InChI is InChI=1S/C19H20FN3O2/c1-13-9-14(7-8-17(13)20)10-16(24)11-23-19(21-12-22-23)18(25)15-5-3-2-4-6-15/h2-9,12,16,18,24-25H,10-11H2,1H3. The van der Waals surface area contributed by atoms with Gasteiger partial charge in [0.25, 0.3) is 0 Å². The van der Waals surface area contributed by atoms with Gasteiger partial charge in [0.1, 0.15) is 18.2 Å². The summed E-state index contributed by atoms with van der Waals surface area (Å²) >= 11 is 0. The summed E-state index contributed by atoms with van der Waals surface area (Å²) in [5.74, 6) is 0.114. The van der Waals surface area contributed by atoms with Crippen molar-refractivity contribution in [1.29, 1.82) is 0 Å². The molecule has 3 rings (SSSR count). The van der Waals surface area contributed by atoms with Crippen LogP contribution >= 0.6 is 0 Å². The van der Waals surface area contributed by atoms with Crippen molar-refractivity contribution in [2.45, 2.75) is 32.1 Å². The van der Waals surface area contributed by atoms with Crippen molar-refractivity contribution in [3.05, 3.63) is 83.2 Å². The minimum Gasteiger partial charge on any atom is -0.391 e. The molecule has 0 aliphatic heterocycles. The molecule has 2 unspecified atom stereocenters. The summed E-state index contributed by atoms with van der Waals surface area (Å²) in [6, 6.07) is 13.9. The van der Waals surface area contributed by atoms with Gasteiger partial charge in [-0.15, -0.1) is 0 Å². The van der Waals surface area contributed by atoms with Gasteiger partial charge >= 0.3 is 0 Å². The lowest BCUT2D eigenvalue weighted by Crippen LogP contribution is -2.22. The SMILES string of the molecule is Cc1cc(CC(O)Cn2ncnc2C(O)c2ccccc2)ccc1F. The number of hydrogen-bond acceptors (Lipinski definition) is 4. The number of aliphatic hydroxyl groups excluding tert-OH is 2. The molecule has 2 aromatic carbocycles. The topological polar surface area (TPSA) is 71.2 Å². The van der Waals surface area contributed by atoms with E-state index in [1.807, 2.05) is 18.2 Å². The third kappa shape index (κ3) is 4.10. The van der Waals surface area contributed by atoms with Gasteiger partial charge in [0.15, 0.2) is 5.82 Å². The van der Waals surface area contributed by atoms with Gasteiger partial charge in [-0.05, 0) is 29.7 Å². The lowest BCUT2D eigenvalue weighted by Gasteiger charge is -2.15. The van der Waals surface area contributed by atoms with Crippen LogP contribution < -0.4 is 0 Å². The summed E-state index contributed by atoms with van der Waals surface area (Å²) in [7, 11) is 0. The Hall–Kier alpha value is -2.57. The van der Waals surface area contributed by atoms with E-state index in [1.165, 1.54) is 17.1 Å². The molecule has 130 valence electrons. The third-order valence-electron chi connectivity index (χ3n) is 4.08. The van der Waals surface area contributed by atoms with Crippen molar-refractivity contribution >= 4 is 0 Å². The molecule has 0 aliphatic rings. The fourth-order valence-corrected chi connectivity index (χ4v) is 2.78. The maximum atomic E-state index is 13.3. The molecule has 2 atom stereocenters. The minimum absolute atomic E-state index is 0.190. The van der Waals surface area contributed by atoms with Gasteiger partial charge in [0.2, 0.25) is 0 Å². The zero-order valence-corrected chi connectivity index (χ0v) is 13.9. The summed E-state index contributed by atoms with van der Waals surface area (Å²) in [6.07, 6.45) is 0.0789. The van der Waals surface area contributed by atoms with Crippen LogP contribution in [0.25, 0.3) is 0 Å². The normalized spacial score (nSPS) is 13.6. The molecule has 2 N–H and O–H groups in total. The van der Waals surface area contributed by atoms with E-state index in [-0.39, 0.29) is 12.4 Å². The predicted molar refractivity (Wildman–Crippen MR) is 91.4 cm³/mol. The van der Waals surface area contributed by atoms with Gasteiger partial charge in [-0.25, -0.2) is 14.1 Å². The average Bonchev–Trinajstić information content (AvgIpc) is 3.06. The molecule has 5 nitrogen and oxygen atoms in total. The molecule has 0 radical (unpaired) electrons. The number of nitrogens with zero attached hydrogens (tertiary/aromatic N) is 3. The molecule has 1 heterocycles. The van der Waals surface area contributed by atoms with Crippen molar-refractivity contribution in [2.75, 3.05) is 0 Å². The maximum absolute atomic E-state index is 13.3. The van der Waals surface area contributed by atoms with Crippen LogP contribution in [0.1, 0.15) is 28.6 Å². The average molecular weight is 341 g/mol. The first-order valence-electron chi connectivity index (χ1n) is 8.08. The van der Waals surface area contributed by atoms with Crippen LogP contribution in [0, 0.1) is 12.7 Å². The summed E-state index contributed by atoms with van der Waals surface area (Å²) in [6.45, 7) is 1.88. The molecule has 6 heteroatoms. The quantitative estimate of drug-likeness (QED) is 0.722. The molecule has 0 spiro atoms. The van der Waals surface area contributed by atoms with Crippen LogP contribution in [-0.4, -0.2) is 31.1 Å². The highest BCUT2D eigenvalue weighted by Gasteiger charge is 2.19. The number of benzene rings is 2. The molecular weight excluding hydrogens is 321 g/mol. The molecule has 0 amide bonds. The van der Waals surface area contributed by atoms with E-state index in [0.29, 0.717) is 23.4 Å². The Kier molecular flexibility index (Phi) is 5.21. The molecule has 25 heavy (non-hydrogen) atoms. The fourth-order valence-electron chi connectivity index (χ4n) is 2.78. The number of aryl methyl sites for hydroxylation is 1. The largest absolute Gasteiger partial charge is 0.391 e. The summed E-state index contributed by atoms with van der Waals surface area (Å²) in [5.41, 5.74) is 2.10. The van der Waals surface area contributed by atoms with E-state index >= 15 is 0 Å². The van der Waals surface area contributed by atoms with E-state index in [9.17, 15) is 14.6 Å². The molecular formula is C19H20FN3O2. The van der Waals surface area contributed by atoms with Crippen LogP contribution in [0.2, 0.25) is 0 Å². The number of halogens is 1. The molecule has 3 aromatic rings. The van der Waals surface area contributed by atoms with E-state index in [0.717, 1.165) is 5.56 Å². The smallest absolute Gasteiger partial charge is 0.160 e. The van der Waals surface area contributed by atoms with Gasteiger partial charge in [0.05, 0.1) is 12.6 Å². The lowest BCUT2D eigenvalue weighted by atomic mass is 10.0. The van der Waals surface area contributed by atoms with E-state index < -0.39 is 12.2 Å². The lowest BCUT2D eigenvalue weighted by molar-refractivity contribution is 0.139. The summed E-state index contributed by atoms with van der Waals surface area (Å²) in [5, 5.41) is 24.9. The number of rotatable bonds is 6. The predicted octanol–water partition coefficient (Wildman–Crippen LogP) is 2.41. The van der Waals surface area contributed by atoms with Crippen LogP contribution in [0.15, 0.2) is 54.9 Å². The minimum atomic E-state index is -0.913. The molecule has 0 bridgehead atoms. The first-order valence-corrected chi connectivity index (χ1v) is 8.08. The van der Waals surface area contributed by atoms with Crippen LogP contribution in [0.4, 0.5) is 4.39 Å². The monoisotopic (exact) mass is 341 g/mol. The highest BCUT2D eigenvalue weighted by atomic mass is 19.1. The van der Waals surface area contributed by atoms with Crippen molar-refractivity contribution in [1.82, 2.24) is 14.8 Å². The van der Waals surface area contributed by atoms with Crippen LogP contribution in [0.3, 0.4) is 0 Å². The molecule has 0 saturated carbocycles. The first kappa shape index (κ1) is 17.3. The van der Waals surface area contributed by atoms with Gasteiger partial charge in [0, 0.05) is 6.42 Å². The zero-order chi connectivity index (χ0) is 17.8. The number of aliphatic hydroxyl groups is 2. The Morgan fingerprint density at radius 1 is 1.12 bits per heavy atom. The second-order valence-corrected chi connectivity index (χ2v) is 6.06. The van der Waals surface area contributed by atoms with Crippen molar-refractivity contribution in [3.63, 3.8) is 0 Å². The second-order valence-electron chi connectivity index (χ2n) is 6.06. The number of hydrogen-bond donors (Lipinski definition) is 2. The Morgan fingerprint density at radius 3 is 2.60 bits per heavy atom. The van der Waals surface area contributed by atoms with E-state index in [1.54, 1.807) is 31.2 Å². The van der Waals surface area contributed by atoms with Crippen LogP contribution in [0.5, 0.6) is 0 Å². The van der Waals surface area contributed by atoms with Crippen molar-refractivity contribution in [2.24, 2.45) is 0 Å². The van der Waals surface area contributed by atoms with Crippen molar-refractivity contribution < 1.29 is 14.6 Å². The van der Waals surface area contributed by atoms with Crippen molar-refractivity contribution in [3.8, 4) is 0 Å². The Labute approximate surface area is 145 Å². The Balaban J connectivity index is 1.71. The van der Waals surface area contributed by atoms with Gasteiger partial charge in [-0.2, -0.15) is 5.10 Å². The van der Waals surface area contributed by atoms with E-state index in [4.69, 9.17) is 0 Å². The van der Waals surface area contributed by atoms with Crippen LogP contribution in [-0.2, 0) is 13.0 Å². The molecule has 0 fully saturated rings. The maximum Gasteiger partial charge on any atom is 0.160 e. The van der Waals surface area contributed by atoms with Gasteiger partial charge in [-0.1, -0.05) is 42.5 Å². The second kappa shape index (κ2) is 7.55. The Morgan fingerprint density at radius 2 is 1.88 bits per heavy atom. The summed E-state index contributed by atoms with van der Waals surface area (Å²) in [4.78, 5) is 4.12. The fraction of sp³-hybridized carbons (Fsp3) is 0.263. The molecule has 0 saturated heterocycles. The number of aromatic nitrogens is 3. The van der Waals surface area contributed by atoms with Gasteiger partial charge < -0.3 is 10.2 Å². The highest BCUT2D eigenvalue weighted by Crippen LogP contribution is 2.20. The van der Waals surface area contributed by atoms with Gasteiger partial charge in [-0.3, -0.25) is 0 Å². The third-order valence-corrected chi connectivity index (χ3v) is 4.08. The summed E-state index contributed by atoms with van der Waals surface area (Å²) < 4.78 is 14.8. The zero-order valence-electron chi connectivity index (χ0n) is 13.9. The van der Waals surface area contributed by atoms with E-state index in [2.05, 4.69) is 10.1 Å². The Bertz CT molecular complexity index is 836. The highest BCUT2D eigenvalue weighted by molar-refractivity contribution is 5.25.